The van der Waals surface area contributed by atoms with Crippen LogP contribution in [0.25, 0.3) is 11.0 Å². The molecule has 0 saturated heterocycles. The number of nitrogens with zero attached hydrogens (tertiary/aromatic N) is 2. The smallest absolute Gasteiger partial charge is 0.139 e. The first kappa shape index (κ1) is 14.8. The summed E-state index contributed by atoms with van der Waals surface area (Å²) in [6.07, 6.45) is 0. The lowest BCUT2D eigenvalue weighted by molar-refractivity contribution is 0.365. The van der Waals surface area contributed by atoms with E-state index in [1.807, 2.05) is 4.57 Å². The summed E-state index contributed by atoms with van der Waals surface area (Å²) in [5.74, 6) is 1.89. The van der Waals surface area contributed by atoms with Crippen LogP contribution in [-0.4, -0.2) is 9.55 Å². The summed E-state index contributed by atoms with van der Waals surface area (Å²) >= 11 is 9.15. The van der Waals surface area contributed by atoms with Crippen molar-refractivity contribution in [3.05, 3.63) is 28.2 Å². The molecule has 0 bridgehead atoms. The average molecular weight is 348 g/mol. The minimum atomic E-state index is -0.271. The number of hydrogen-bond acceptors (Lipinski definition) is 1. The molecular formula is C14H17BrClFN2. The average Bonchev–Trinajstić information content (AvgIpc) is 2.67. The van der Waals surface area contributed by atoms with Gasteiger partial charge in [-0.25, -0.2) is 9.37 Å². The molecule has 0 aliphatic heterocycles. The summed E-state index contributed by atoms with van der Waals surface area (Å²) < 4.78 is 16.2. The Hall–Kier alpha value is -0.610. The van der Waals surface area contributed by atoms with Gasteiger partial charge in [0.15, 0.2) is 0 Å². The summed E-state index contributed by atoms with van der Waals surface area (Å²) in [6.45, 7) is 7.35. The molecule has 2 nitrogen and oxygen atoms in total. The maximum atomic E-state index is 13.7. The summed E-state index contributed by atoms with van der Waals surface area (Å²) in [7, 11) is 0. The van der Waals surface area contributed by atoms with E-state index >= 15 is 0 Å². The van der Waals surface area contributed by atoms with Gasteiger partial charge in [0.05, 0.1) is 21.4 Å². The molecular weight excluding hydrogens is 331 g/mol. The molecule has 5 heteroatoms. The third-order valence-corrected chi connectivity index (χ3v) is 4.44. The fraction of sp³-hybridized carbons (Fsp3) is 0.500. The van der Waals surface area contributed by atoms with Gasteiger partial charge in [-0.15, -0.1) is 11.6 Å². The molecule has 1 aromatic heterocycles. The maximum Gasteiger partial charge on any atom is 0.139 e. The van der Waals surface area contributed by atoms with Crippen molar-refractivity contribution >= 4 is 38.6 Å². The highest BCUT2D eigenvalue weighted by molar-refractivity contribution is 9.10. The molecule has 1 aromatic carbocycles. The van der Waals surface area contributed by atoms with Gasteiger partial charge in [-0.3, -0.25) is 0 Å². The Morgan fingerprint density at radius 2 is 2.05 bits per heavy atom. The summed E-state index contributed by atoms with van der Waals surface area (Å²) in [5, 5.41) is 0. The van der Waals surface area contributed by atoms with Crippen molar-refractivity contribution in [1.29, 1.82) is 0 Å². The molecule has 0 aliphatic rings. The highest BCUT2D eigenvalue weighted by atomic mass is 79.9. The molecule has 104 valence electrons. The molecule has 0 amide bonds. The van der Waals surface area contributed by atoms with Crippen LogP contribution in [0, 0.1) is 17.7 Å². The number of fused-ring (bicyclic) bond motifs is 1. The molecule has 0 saturated carbocycles. The van der Waals surface area contributed by atoms with Crippen molar-refractivity contribution in [2.24, 2.45) is 11.8 Å². The summed E-state index contributed by atoms with van der Waals surface area (Å²) in [4.78, 5) is 4.48. The van der Waals surface area contributed by atoms with Crippen LogP contribution < -0.4 is 0 Å². The minimum absolute atomic E-state index is 0.271. The first-order valence-electron chi connectivity index (χ1n) is 6.34. The molecule has 1 atom stereocenters. The highest BCUT2D eigenvalue weighted by Gasteiger charge is 2.16. The number of halogens is 3. The van der Waals surface area contributed by atoms with E-state index in [2.05, 4.69) is 41.7 Å². The number of aromatic nitrogens is 2. The Morgan fingerprint density at radius 1 is 1.37 bits per heavy atom. The number of benzene rings is 1. The third kappa shape index (κ3) is 2.95. The number of hydrogen-bond donors (Lipinski definition) is 0. The molecule has 2 aromatic rings. The van der Waals surface area contributed by atoms with Gasteiger partial charge in [-0.05, 0) is 33.8 Å². The van der Waals surface area contributed by atoms with Crippen molar-refractivity contribution in [1.82, 2.24) is 9.55 Å². The molecule has 0 fully saturated rings. The van der Waals surface area contributed by atoms with Crippen molar-refractivity contribution < 1.29 is 4.39 Å². The topological polar surface area (TPSA) is 17.8 Å². The minimum Gasteiger partial charge on any atom is -0.327 e. The van der Waals surface area contributed by atoms with Crippen molar-refractivity contribution in [3.63, 3.8) is 0 Å². The van der Waals surface area contributed by atoms with Gasteiger partial charge >= 0.3 is 0 Å². The fourth-order valence-electron chi connectivity index (χ4n) is 1.97. The van der Waals surface area contributed by atoms with Gasteiger partial charge in [0.1, 0.15) is 11.6 Å². The van der Waals surface area contributed by atoms with E-state index in [9.17, 15) is 4.39 Å². The Bertz CT molecular complexity index is 595. The van der Waals surface area contributed by atoms with E-state index in [-0.39, 0.29) is 5.82 Å². The SMILES string of the molecule is CC(C)C(C)Cn1c(CCl)nc2cc(Br)c(F)cc21. The first-order valence-corrected chi connectivity index (χ1v) is 7.67. The van der Waals surface area contributed by atoms with Crippen LogP contribution in [0.2, 0.25) is 0 Å². The predicted octanol–water partition coefficient (Wildman–Crippen LogP) is 4.97. The molecule has 0 N–H and O–H groups in total. The van der Waals surface area contributed by atoms with Crippen LogP contribution in [-0.2, 0) is 12.4 Å². The first-order chi connectivity index (χ1) is 8.93. The Kier molecular flexibility index (Phi) is 4.51. The van der Waals surface area contributed by atoms with Crippen molar-refractivity contribution in [2.45, 2.75) is 33.2 Å². The van der Waals surface area contributed by atoms with Gasteiger partial charge in [-0.2, -0.15) is 0 Å². The quantitative estimate of drug-likeness (QED) is 0.714. The van der Waals surface area contributed by atoms with Gasteiger partial charge in [0.25, 0.3) is 0 Å². The Balaban J connectivity index is 2.53. The second kappa shape index (κ2) is 5.80. The van der Waals surface area contributed by atoms with Crippen LogP contribution >= 0.6 is 27.5 Å². The zero-order valence-corrected chi connectivity index (χ0v) is 13.6. The van der Waals surface area contributed by atoms with E-state index in [1.165, 1.54) is 6.07 Å². The molecule has 1 heterocycles. The fourth-order valence-corrected chi connectivity index (χ4v) is 2.51. The van der Waals surface area contributed by atoms with Gasteiger partial charge in [-0.1, -0.05) is 20.8 Å². The Morgan fingerprint density at radius 3 is 2.63 bits per heavy atom. The van der Waals surface area contributed by atoms with Crippen LogP contribution in [0.5, 0.6) is 0 Å². The van der Waals surface area contributed by atoms with E-state index < -0.39 is 0 Å². The van der Waals surface area contributed by atoms with E-state index in [0.29, 0.717) is 22.2 Å². The third-order valence-electron chi connectivity index (χ3n) is 3.60. The molecule has 0 aliphatic carbocycles. The van der Waals surface area contributed by atoms with Crippen LogP contribution in [0.1, 0.15) is 26.6 Å². The predicted molar refractivity (Wildman–Crippen MR) is 81.0 cm³/mol. The molecule has 1 unspecified atom stereocenters. The molecule has 0 radical (unpaired) electrons. The van der Waals surface area contributed by atoms with E-state index in [0.717, 1.165) is 23.4 Å². The monoisotopic (exact) mass is 346 g/mol. The van der Waals surface area contributed by atoms with Crippen molar-refractivity contribution in [2.75, 3.05) is 0 Å². The van der Waals surface area contributed by atoms with Gasteiger partial charge < -0.3 is 4.57 Å². The summed E-state index contributed by atoms with van der Waals surface area (Å²) in [5.41, 5.74) is 1.59. The molecule has 19 heavy (non-hydrogen) atoms. The van der Waals surface area contributed by atoms with E-state index in [1.54, 1.807) is 6.07 Å². The van der Waals surface area contributed by atoms with Crippen molar-refractivity contribution in [3.8, 4) is 0 Å². The van der Waals surface area contributed by atoms with Crippen LogP contribution in [0.3, 0.4) is 0 Å². The standard InChI is InChI=1S/C14H17BrClFN2/c1-8(2)9(3)7-19-13-5-11(17)10(15)4-12(13)18-14(19)6-16/h4-5,8-9H,6-7H2,1-3H3. The maximum absolute atomic E-state index is 13.7. The van der Waals surface area contributed by atoms with Gasteiger partial charge in [0, 0.05) is 12.6 Å². The second-order valence-corrected chi connectivity index (χ2v) is 6.37. The highest BCUT2D eigenvalue weighted by Crippen LogP contribution is 2.26. The second-order valence-electron chi connectivity index (χ2n) is 5.25. The lowest BCUT2D eigenvalue weighted by Crippen LogP contribution is -2.14. The largest absolute Gasteiger partial charge is 0.327 e. The lowest BCUT2D eigenvalue weighted by atomic mass is 9.98. The van der Waals surface area contributed by atoms with Crippen LogP contribution in [0.4, 0.5) is 4.39 Å². The normalized spacial score (nSPS) is 13.4. The van der Waals surface area contributed by atoms with E-state index in [4.69, 9.17) is 11.6 Å². The number of rotatable bonds is 4. The van der Waals surface area contributed by atoms with Gasteiger partial charge in [0.2, 0.25) is 0 Å². The molecule has 2 rings (SSSR count). The number of imidazole rings is 1. The Labute approximate surface area is 126 Å². The summed E-state index contributed by atoms with van der Waals surface area (Å²) in [6, 6.07) is 3.23. The number of alkyl halides is 1. The lowest BCUT2D eigenvalue weighted by Gasteiger charge is -2.18. The zero-order valence-electron chi connectivity index (χ0n) is 11.3. The zero-order chi connectivity index (χ0) is 14.2. The van der Waals surface area contributed by atoms with Crippen LogP contribution in [0.15, 0.2) is 16.6 Å². The molecule has 0 spiro atoms.